The smallest absolute Gasteiger partial charge is 0.133 e. The topological polar surface area (TPSA) is 28.2 Å². The van der Waals surface area contributed by atoms with E-state index in [4.69, 9.17) is 0 Å². The molecule has 0 bridgehead atoms. The Morgan fingerprint density at radius 3 is 3.00 bits per heavy atom. The summed E-state index contributed by atoms with van der Waals surface area (Å²) in [5.41, 5.74) is 1.31. The Morgan fingerprint density at radius 2 is 2.22 bits per heavy atom. The highest BCUT2D eigenvalue weighted by Crippen LogP contribution is 2.28. The van der Waals surface area contributed by atoms with E-state index in [-0.39, 0.29) is 0 Å². The minimum absolute atomic E-state index is 0.351. The summed E-state index contributed by atoms with van der Waals surface area (Å²) in [5.74, 6) is 1.17. The van der Waals surface area contributed by atoms with E-state index in [0.717, 1.165) is 6.54 Å². The Bertz CT molecular complexity index is 378. The van der Waals surface area contributed by atoms with Crippen LogP contribution in [0.3, 0.4) is 0 Å². The first-order valence-corrected chi connectivity index (χ1v) is 7.13. The van der Waals surface area contributed by atoms with Gasteiger partial charge in [-0.2, -0.15) is 0 Å². The van der Waals surface area contributed by atoms with Gasteiger partial charge < -0.3 is 10.2 Å². The SMILES string of the molecule is CNC(C)c1cccnc1N1CCCCCC1C. The Morgan fingerprint density at radius 1 is 1.39 bits per heavy atom. The number of nitrogens with one attached hydrogen (secondary N) is 1. The number of anilines is 1. The summed E-state index contributed by atoms with van der Waals surface area (Å²) in [6, 6.07) is 5.19. The number of aromatic nitrogens is 1. The van der Waals surface area contributed by atoms with Crippen LogP contribution in [0.2, 0.25) is 0 Å². The molecule has 3 heteroatoms. The largest absolute Gasteiger partial charge is 0.354 e. The van der Waals surface area contributed by atoms with Gasteiger partial charge in [-0.15, -0.1) is 0 Å². The summed E-state index contributed by atoms with van der Waals surface area (Å²) in [4.78, 5) is 7.15. The fourth-order valence-corrected chi connectivity index (χ4v) is 2.73. The molecule has 1 saturated heterocycles. The number of pyridine rings is 1. The molecule has 1 aromatic rings. The molecule has 1 aliphatic heterocycles. The molecule has 0 saturated carbocycles. The third-order valence-electron chi connectivity index (χ3n) is 4.04. The summed E-state index contributed by atoms with van der Waals surface area (Å²) >= 11 is 0. The van der Waals surface area contributed by atoms with Gasteiger partial charge in [-0.1, -0.05) is 18.9 Å². The number of rotatable bonds is 3. The van der Waals surface area contributed by atoms with E-state index in [1.165, 1.54) is 37.1 Å². The van der Waals surface area contributed by atoms with Crippen molar-refractivity contribution in [1.29, 1.82) is 0 Å². The second-order valence-corrected chi connectivity index (χ2v) is 5.32. The molecule has 2 unspecified atom stereocenters. The summed E-state index contributed by atoms with van der Waals surface area (Å²) in [5, 5.41) is 3.32. The predicted molar refractivity (Wildman–Crippen MR) is 77.0 cm³/mol. The van der Waals surface area contributed by atoms with Crippen LogP contribution in [0.4, 0.5) is 5.82 Å². The van der Waals surface area contributed by atoms with Crippen molar-refractivity contribution in [3.05, 3.63) is 23.9 Å². The molecule has 0 radical (unpaired) electrons. The van der Waals surface area contributed by atoms with Crippen LogP contribution < -0.4 is 10.2 Å². The van der Waals surface area contributed by atoms with Crippen LogP contribution in [-0.4, -0.2) is 24.6 Å². The van der Waals surface area contributed by atoms with Crippen LogP contribution in [-0.2, 0) is 0 Å². The molecule has 1 N–H and O–H groups in total. The average Bonchev–Trinajstić information content (AvgIpc) is 2.62. The summed E-state index contributed by atoms with van der Waals surface area (Å²) in [6.07, 6.45) is 7.18. The molecule has 0 aliphatic carbocycles. The van der Waals surface area contributed by atoms with Gasteiger partial charge in [0.25, 0.3) is 0 Å². The first-order chi connectivity index (χ1) is 8.74. The molecule has 2 heterocycles. The van der Waals surface area contributed by atoms with Crippen LogP contribution in [0.1, 0.15) is 51.1 Å². The van der Waals surface area contributed by atoms with Gasteiger partial charge in [-0.3, -0.25) is 0 Å². The van der Waals surface area contributed by atoms with Crippen molar-refractivity contribution in [2.24, 2.45) is 0 Å². The maximum Gasteiger partial charge on any atom is 0.133 e. The number of nitrogens with zero attached hydrogens (tertiary/aromatic N) is 2. The molecule has 18 heavy (non-hydrogen) atoms. The van der Waals surface area contributed by atoms with Crippen molar-refractivity contribution in [2.45, 2.75) is 51.6 Å². The monoisotopic (exact) mass is 247 g/mol. The van der Waals surface area contributed by atoms with Crippen molar-refractivity contribution in [2.75, 3.05) is 18.5 Å². The fraction of sp³-hybridized carbons (Fsp3) is 0.667. The molecular weight excluding hydrogens is 222 g/mol. The molecule has 3 nitrogen and oxygen atoms in total. The highest BCUT2D eigenvalue weighted by molar-refractivity contribution is 5.49. The van der Waals surface area contributed by atoms with Gasteiger partial charge in [0.2, 0.25) is 0 Å². The number of hydrogen-bond acceptors (Lipinski definition) is 3. The predicted octanol–water partition coefficient (Wildman–Crippen LogP) is 3.13. The first kappa shape index (κ1) is 13.3. The van der Waals surface area contributed by atoms with E-state index < -0.39 is 0 Å². The van der Waals surface area contributed by atoms with Crippen LogP contribution in [0, 0.1) is 0 Å². The standard InChI is InChI=1S/C15H25N3/c1-12-8-5-4-6-11-18(12)15-14(13(2)16-3)9-7-10-17-15/h7,9-10,12-13,16H,4-6,8,11H2,1-3H3. The fourth-order valence-electron chi connectivity index (χ4n) is 2.73. The Labute approximate surface area is 111 Å². The summed E-state index contributed by atoms with van der Waals surface area (Å²) < 4.78 is 0. The second kappa shape index (κ2) is 6.19. The van der Waals surface area contributed by atoms with E-state index >= 15 is 0 Å². The Kier molecular flexibility index (Phi) is 4.59. The van der Waals surface area contributed by atoms with Gasteiger partial charge >= 0.3 is 0 Å². The molecule has 1 aromatic heterocycles. The molecule has 0 aromatic carbocycles. The lowest BCUT2D eigenvalue weighted by Gasteiger charge is -2.31. The molecular formula is C15H25N3. The van der Waals surface area contributed by atoms with Crippen LogP contribution in [0.25, 0.3) is 0 Å². The van der Waals surface area contributed by atoms with E-state index in [9.17, 15) is 0 Å². The summed E-state index contributed by atoms with van der Waals surface area (Å²) in [7, 11) is 2.01. The van der Waals surface area contributed by atoms with Gasteiger partial charge in [0.1, 0.15) is 5.82 Å². The zero-order chi connectivity index (χ0) is 13.0. The van der Waals surface area contributed by atoms with Gasteiger partial charge in [0, 0.05) is 30.4 Å². The molecule has 0 amide bonds. The first-order valence-electron chi connectivity index (χ1n) is 7.13. The van der Waals surface area contributed by atoms with Crippen LogP contribution in [0.5, 0.6) is 0 Å². The highest BCUT2D eigenvalue weighted by Gasteiger charge is 2.22. The van der Waals surface area contributed by atoms with Crippen molar-refractivity contribution < 1.29 is 0 Å². The second-order valence-electron chi connectivity index (χ2n) is 5.32. The Balaban J connectivity index is 2.30. The molecule has 0 spiro atoms. The van der Waals surface area contributed by atoms with E-state index in [2.05, 4.69) is 35.1 Å². The van der Waals surface area contributed by atoms with Crippen LogP contribution in [0.15, 0.2) is 18.3 Å². The van der Waals surface area contributed by atoms with Gasteiger partial charge in [-0.25, -0.2) is 4.98 Å². The minimum Gasteiger partial charge on any atom is -0.354 e. The van der Waals surface area contributed by atoms with E-state index in [1.54, 1.807) is 0 Å². The zero-order valence-electron chi connectivity index (χ0n) is 11.8. The molecule has 100 valence electrons. The van der Waals surface area contributed by atoms with Crippen molar-refractivity contribution in [3.8, 4) is 0 Å². The third-order valence-corrected chi connectivity index (χ3v) is 4.04. The molecule has 1 aliphatic rings. The minimum atomic E-state index is 0.351. The third kappa shape index (κ3) is 2.83. The van der Waals surface area contributed by atoms with E-state index in [1.807, 2.05) is 19.3 Å². The van der Waals surface area contributed by atoms with Gasteiger partial charge in [-0.05, 0) is 39.8 Å². The maximum atomic E-state index is 4.65. The maximum absolute atomic E-state index is 4.65. The number of hydrogen-bond donors (Lipinski definition) is 1. The molecule has 2 rings (SSSR count). The van der Waals surface area contributed by atoms with Crippen LogP contribution >= 0.6 is 0 Å². The zero-order valence-corrected chi connectivity index (χ0v) is 11.8. The normalized spacial score (nSPS) is 22.6. The summed E-state index contributed by atoms with van der Waals surface area (Å²) in [6.45, 7) is 5.67. The lowest BCUT2D eigenvalue weighted by molar-refractivity contribution is 0.596. The Hall–Kier alpha value is -1.09. The highest BCUT2D eigenvalue weighted by atomic mass is 15.2. The molecule has 1 fully saturated rings. The van der Waals surface area contributed by atoms with E-state index in [0.29, 0.717) is 12.1 Å². The van der Waals surface area contributed by atoms with Gasteiger partial charge in [0.05, 0.1) is 0 Å². The van der Waals surface area contributed by atoms with Crippen molar-refractivity contribution in [1.82, 2.24) is 10.3 Å². The van der Waals surface area contributed by atoms with Crippen molar-refractivity contribution in [3.63, 3.8) is 0 Å². The molecule has 2 atom stereocenters. The quantitative estimate of drug-likeness (QED) is 0.889. The lowest BCUT2D eigenvalue weighted by Crippen LogP contribution is -2.34. The average molecular weight is 247 g/mol. The van der Waals surface area contributed by atoms with Gasteiger partial charge in [0.15, 0.2) is 0 Å². The van der Waals surface area contributed by atoms with Crippen molar-refractivity contribution >= 4 is 5.82 Å². The lowest BCUT2D eigenvalue weighted by atomic mass is 10.1.